The molecular weight excluding hydrogens is 363 g/mol. The van der Waals surface area contributed by atoms with Crippen LogP contribution in [0.5, 0.6) is 5.75 Å². The number of benzene rings is 1. The Morgan fingerprint density at radius 3 is 2.40 bits per heavy atom. The van der Waals surface area contributed by atoms with Crippen molar-refractivity contribution in [1.82, 2.24) is 10.3 Å². The molecule has 1 unspecified atom stereocenters. The van der Waals surface area contributed by atoms with Crippen LogP contribution in [0, 0.1) is 3.57 Å². The van der Waals surface area contributed by atoms with E-state index in [1.165, 1.54) is 9.13 Å². The maximum absolute atomic E-state index is 5.71. The summed E-state index contributed by atoms with van der Waals surface area (Å²) in [6, 6.07) is 10.7. The van der Waals surface area contributed by atoms with Crippen molar-refractivity contribution in [3.05, 3.63) is 57.4 Å². The number of halogens is 1. The largest absolute Gasteiger partial charge is 0.489 e. The molecule has 3 nitrogen and oxygen atoms in total. The highest BCUT2D eigenvalue weighted by Crippen LogP contribution is 2.25. The Kier molecular flexibility index (Phi) is 5.37. The zero-order chi connectivity index (χ0) is 14.5. The van der Waals surface area contributed by atoms with Gasteiger partial charge in [0.1, 0.15) is 5.75 Å². The van der Waals surface area contributed by atoms with Crippen molar-refractivity contribution in [3.63, 3.8) is 0 Å². The lowest BCUT2D eigenvalue weighted by atomic mass is 10.0. The van der Waals surface area contributed by atoms with Gasteiger partial charge in [0.2, 0.25) is 0 Å². The summed E-state index contributed by atoms with van der Waals surface area (Å²) in [6.07, 6.45) is 3.79. The quantitative estimate of drug-likeness (QED) is 0.800. The monoisotopic (exact) mass is 382 g/mol. The second-order valence-electron chi connectivity index (χ2n) is 4.89. The van der Waals surface area contributed by atoms with Crippen LogP contribution >= 0.6 is 22.6 Å². The van der Waals surface area contributed by atoms with E-state index in [9.17, 15) is 0 Å². The molecule has 0 aliphatic carbocycles. The Morgan fingerprint density at radius 1 is 1.10 bits per heavy atom. The number of hydrogen-bond acceptors (Lipinski definition) is 3. The fraction of sp³-hybridized carbons (Fsp3) is 0.312. The van der Waals surface area contributed by atoms with Gasteiger partial charge in [-0.1, -0.05) is 12.1 Å². The van der Waals surface area contributed by atoms with Crippen LogP contribution in [0.2, 0.25) is 0 Å². The minimum Gasteiger partial charge on any atom is -0.489 e. The average molecular weight is 382 g/mol. The Bertz CT molecular complexity index is 555. The summed E-state index contributed by atoms with van der Waals surface area (Å²) in [6.45, 7) is 4.03. The zero-order valence-corrected chi connectivity index (χ0v) is 14.1. The fourth-order valence-electron chi connectivity index (χ4n) is 2.11. The van der Waals surface area contributed by atoms with Crippen LogP contribution in [-0.2, 0) is 0 Å². The van der Waals surface area contributed by atoms with E-state index in [1.807, 2.05) is 33.2 Å². The number of hydrogen-bond donors (Lipinski definition) is 1. The summed E-state index contributed by atoms with van der Waals surface area (Å²) in [5, 5.41) is 3.34. The van der Waals surface area contributed by atoms with Crippen LogP contribution in [0.3, 0.4) is 0 Å². The van der Waals surface area contributed by atoms with Gasteiger partial charge in [0.25, 0.3) is 0 Å². The standard InChI is InChI=1S/C16H19IN2O/c1-11(2)20-15-8-13(9-19-10-15)16(18-3)12-4-6-14(17)7-5-12/h4-11,16,18H,1-3H3. The van der Waals surface area contributed by atoms with E-state index >= 15 is 0 Å². The van der Waals surface area contributed by atoms with Gasteiger partial charge < -0.3 is 10.1 Å². The Balaban J connectivity index is 2.29. The Labute approximate surface area is 133 Å². The van der Waals surface area contributed by atoms with Crippen LogP contribution in [0.15, 0.2) is 42.7 Å². The topological polar surface area (TPSA) is 34.2 Å². The third-order valence-electron chi connectivity index (χ3n) is 2.93. The number of aromatic nitrogens is 1. The average Bonchev–Trinajstić information content (AvgIpc) is 2.41. The summed E-state index contributed by atoms with van der Waals surface area (Å²) in [5.74, 6) is 0.809. The van der Waals surface area contributed by atoms with Crippen LogP contribution < -0.4 is 10.1 Å². The SMILES string of the molecule is CNC(c1ccc(I)cc1)c1cncc(OC(C)C)c1. The number of nitrogens with one attached hydrogen (secondary N) is 1. The predicted octanol–water partition coefficient (Wildman–Crippen LogP) is 3.78. The smallest absolute Gasteiger partial charge is 0.138 e. The van der Waals surface area contributed by atoms with E-state index < -0.39 is 0 Å². The first-order valence-corrected chi connectivity index (χ1v) is 7.72. The molecular formula is C16H19IN2O. The highest BCUT2D eigenvalue weighted by atomic mass is 127. The van der Waals surface area contributed by atoms with Gasteiger partial charge in [-0.3, -0.25) is 4.98 Å². The van der Waals surface area contributed by atoms with Gasteiger partial charge in [0.15, 0.2) is 0 Å². The van der Waals surface area contributed by atoms with E-state index in [2.05, 4.69) is 57.2 Å². The first-order chi connectivity index (χ1) is 9.60. The molecule has 0 fully saturated rings. The second kappa shape index (κ2) is 7.04. The maximum atomic E-state index is 5.71. The van der Waals surface area contributed by atoms with Crippen molar-refractivity contribution < 1.29 is 4.74 Å². The van der Waals surface area contributed by atoms with Crippen molar-refractivity contribution >= 4 is 22.6 Å². The molecule has 1 N–H and O–H groups in total. The van der Waals surface area contributed by atoms with Gasteiger partial charge in [-0.15, -0.1) is 0 Å². The van der Waals surface area contributed by atoms with Crippen molar-refractivity contribution in [1.29, 1.82) is 0 Å². The molecule has 4 heteroatoms. The van der Waals surface area contributed by atoms with E-state index in [0.717, 1.165) is 11.3 Å². The molecule has 106 valence electrons. The van der Waals surface area contributed by atoms with Gasteiger partial charge in [0, 0.05) is 9.77 Å². The number of rotatable bonds is 5. The first-order valence-electron chi connectivity index (χ1n) is 6.64. The van der Waals surface area contributed by atoms with Crippen molar-refractivity contribution in [2.75, 3.05) is 7.05 Å². The molecule has 1 heterocycles. The van der Waals surface area contributed by atoms with Crippen LogP contribution in [-0.4, -0.2) is 18.1 Å². The molecule has 0 bridgehead atoms. The van der Waals surface area contributed by atoms with Crippen LogP contribution in [0.4, 0.5) is 0 Å². The zero-order valence-electron chi connectivity index (χ0n) is 11.9. The van der Waals surface area contributed by atoms with Gasteiger partial charge in [-0.25, -0.2) is 0 Å². The van der Waals surface area contributed by atoms with E-state index in [-0.39, 0.29) is 12.1 Å². The molecule has 0 radical (unpaired) electrons. The highest BCUT2D eigenvalue weighted by Gasteiger charge is 2.13. The van der Waals surface area contributed by atoms with Crippen LogP contribution in [0.1, 0.15) is 31.0 Å². The van der Waals surface area contributed by atoms with E-state index in [4.69, 9.17) is 4.74 Å². The van der Waals surface area contributed by atoms with Crippen molar-refractivity contribution in [2.24, 2.45) is 0 Å². The van der Waals surface area contributed by atoms with Crippen LogP contribution in [0.25, 0.3) is 0 Å². The molecule has 0 saturated heterocycles. The third-order valence-corrected chi connectivity index (χ3v) is 3.65. The minimum absolute atomic E-state index is 0.121. The molecule has 2 aromatic rings. The van der Waals surface area contributed by atoms with Gasteiger partial charge in [-0.2, -0.15) is 0 Å². The predicted molar refractivity (Wildman–Crippen MR) is 90.1 cm³/mol. The maximum Gasteiger partial charge on any atom is 0.138 e. The first kappa shape index (κ1) is 15.3. The second-order valence-corrected chi connectivity index (χ2v) is 6.14. The Hall–Kier alpha value is -1.14. The summed E-state index contributed by atoms with van der Waals surface area (Å²) in [5.41, 5.74) is 2.32. The van der Waals surface area contributed by atoms with Gasteiger partial charge in [-0.05, 0) is 72.8 Å². The van der Waals surface area contributed by atoms with Crippen molar-refractivity contribution in [2.45, 2.75) is 26.0 Å². The number of ether oxygens (including phenoxy) is 1. The molecule has 0 amide bonds. The molecule has 20 heavy (non-hydrogen) atoms. The number of nitrogens with zero attached hydrogens (tertiary/aromatic N) is 1. The Morgan fingerprint density at radius 2 is 1.80 bits per heavy atom. The summed E-state index contributed by atoms with van der Waals surface area (Å²) >= 11 is 2.31. The lowest BCUT2D eigenvalue weighted by Gasteiger charge is -2.18. The third kappa shape index (κ3) is 3.93. The molecule has 1 atom stereocenters. The van der Waals surface area contributed by atoms with Gasteiger partial charge in [0.05, 0.1) is 18.3 Å². The highest BCUT2D eigenvalue weighted by molar-refractivity contribution is 14.1. The molecule has 0 spiro atoms. The molecule has 1 aromatic heterocycles. The summed E-state index contributed by atoms with van der Waals surface area (Å²) < 4.78 is 6.95. The minimum atomic E-state index is 0.121. The summed E-state index contributed by atoms with van der Waals surface area (Å²) in [4.78, 5) is 4.28. The molecule has 0 aliphatic heterocycles. The number of pyridine rings is 1. The summed E-state index contributed by atoms with van der Waals surface area (Å²) in [7, 11) is 1.96. The fourth-order valence-corrected chi connectivity index (χ4v) is 2.47. The molecule has 2 rings (SSSR count). The molecule has 0 saturated carbocycles. The lowest BCUT2D eigenvalue weighted by Crippen LogP contribution is -2.18. The lowest BCUT2D eigenvalue weighted by molar-refractivity contribution is 0.241. The normalized spacial score (nSPS) is 12.4. The van der Waals surface area contributed by atoms with Crippen molar-refractivity contribution in [3.8, 4) is 5.75 Å². The van der Waals surface area contributed by atoms with E-state index in [0.29, 0.717) is 0 Å². The van der Waals surface area contributed by atoms with E-state index in [1.54, 1.807) is 6.20 Å². The molecule has 0 aliphatic rings. The van der Waals surface area contributed by atoms with Gasteiger partial charge >= 0.3 is 0 Å². The molecule has 1 aromatic carbocycles.